The largest absolute Gasteiger partial charge is 0.437 e. The van der Waals surface area contributed by atoms with E-state index < -0.39 is 0 Å². The van der Waals surface area contributed by atoms with Crippen molar-refractivity contribution in [2.75, 3.05) is 18.4 Å². The molecule has 4 rings (SSSR count). The van der Waals surface area contributed by atoms with Crippen molar-refractivity contribution in [2.45, 2.75) is 39.3 Å². The molecule has 2 aromatic heterocycles. The van der Waals surface area contributed by atoms with Crippen LogP contribution >= 0.6 is 15.9 Å². The van der Waals surface area contributed by atoms with Crippen LogP contribution in [-0.4, -0.2) is 44.0 Å². The summed E-state index contributed by atoms with van der Waals surface area (Å²) in [6.45, 7) is 6.64. The summed E-state index contributed by atoms with van der Waals surface area (Å²) in [4.78, 5) is 19.7. The molecule has 9 heteroatoms. The van der Waals surface area contributed by atoms with Crippen LogP contribution in [0.3, 0.4) is 0 Å². The minimum Gasteiger partial charge on any atom is -0.437 e. The van der Waals surface area contributed by atoms with Crippen molar-refractivity contribution >= 4 is 21.9 Å². The summed E-state index contributed by atoms with van der Waals surface area (Å²) in [5, 5.41) is 12.6. The monoisotopic (exact) mass is 493 g/mol. The number of piperidine rings is 1. The number of nitrogens with one attached hydrogen (secondary N) is 1. The minimum atomic E-state index is 0.295. The SMILES string of the molecule is Cc1cc(C#N)cc(C)c1Oc1nc(NC2CCN(Cc3ccncn3)CC2)ncc1Br. The summed E-state index contributed by atoms with van der Waals surface area (Å²) in [5.41, 5.74) is 3.43. The first kappa shape index (κ1) is 22.1. The van der Waals surface area contributed by atoms with Gasteiger partial charge < -0.3 is 10.1 Å². The fourth-order valence-electron chi connectivity index (χ4n) is 3.82. The van der Waals surface area contributed by atoms with Gasteiger partial charge >= 0.3 is 0 Å². The highest BCUT2D eigenvalue weighted by atomic mass is 79.9. The molecule has 32 heavy (non-hydrogen) atoms. The highest BCUT2D eigenvalue weighted by molar-refractivity contribution is 9.10. The Balaban J connectivity index is 1.39. The Hall–Kier alpha value is -3.09. The van der Waals surface area contributed by atoms with Gasteiger partial charge in [0, 0.05) is 31.9 Å². The Morgan fingerprint density at radius 3 is 2.62 bits per heavy atom. The van der Waals surface area contributed by atoms with Crippen molar-refractivity contribution in [2.24, 2.45) is 0 Å². The predicted molar refractivity (Wildman–Crippen MR) is 124 cm³/mol. The molecule has 8 nitrogen and oxygen atoms in total. The van der Waals surface area contributed by atoms with Gasteiger partial charge in [-0.1, -0.05) is 0 Å². The Kier molecular flexibility index (Phi) is 6.93. The van der Waals surface area contributed by atoms with E-state index in [9.17, 15) is 0 Å². The summed E-state index contributed by atoms with van der Waals surface area (Å²) in [6, 6.07) is 8.05. The molecule has 3 aromatic rings. The maximum absolute atomic E-state index is 9.16. The van der Waals surface area contributed by atoms with Crippen molar-refractivity contribution in [3.8, 4) is 17.7 Å². The van der Waals surface area contributed by atoms with Crippen LogP contribution in [0.2, 0.25) is 0 Å². The van der Waals surface area contributed by atoms with Gasteiger partial charge in [0.1, 0.15) is 12.1 Å². The van der Waals surface area contributed by atoms with E-state index in [4.69, 9.17) is 10.00 Å². The molecule has 1 saturated heterocycles. The van der Waals surface area contributed by atoms with Crippen molar-refractivity contribution in [1.82, 2.24) is 24.8 Å². The molecule has 0 radical (unpaired) electrons. The van der Waals surface area contributed by atoms with Gasteiger partial charge in [0.25, 0.3) is 0 Å². The van der Waals surface area contributed by atoms with Gasteiger partial charge in [-0.2, -0.15) is 10.2 Å². The first-order valence-electron chi connectivity index (χ1n) is 10.5. The lowest BCUT2D eigenvalue weighted by Crippen LogP contribution is -2.39. The van der Waals surface area contributed by atoms with Gasteiger partial charge in [-0.05, 0) is 71.9 Å². The Morgan fingerprint density at radius 1 is 1.22 bits per heavy atom. The third-order valence-electron chi connectivity index (χ3n) is 5.45. The number of ether oxygens (including phenoxy) is 1. The molecule has 1 fully saturated rings. The van der Waals surface area contributed by atoms with Crippen LogP contribution in [0.15, 0.2) is 41.4 Å². The van der Waals surface area contributed by atoms with E-state index in [-0.39, 0.29) is 0 Å². The molecule has 0 atom stereocenters. The number of hydrogen-bond acceptors (Lipinski definition) is 8. The van der Waals surface area contributed by atoms with Crippen LogP contribution in [0.5, 0.6) is 11.6 Å². The summed E-state index contributed by atoms with van der Waals surface area (Å²) >= 11 is 3.48. The molecule has 0 aliphatic carbocycles. The Morgan fingerprint density at radius 2 is 1.97 bits per heavy atom. The third kappa shape index (κ3) is 5.39. The first-order chi connectivity index (χ1) is 15.5. The Bertz CT molecular complexity index is 1100. The Labute approximate surface area is 195 Å². The lowest BCUT2D eigenvalue weighted by Gasteiger charge is -2.32. The van der Waals surface area contributed by atoms with E-state index in [1.165, 1.54) is 0 Å². The van der Waals surface area contributed by atoms with Gasteiger partial charge in [-0.3, -0.25) is 4.90 Å². The smallest absolute Gasteiger partial charge is 0.238 e. The first-order valence-corrected chi connectivity index (χ1v) is 11.3. The highest BCUT2D eigenvalue weighted by Gasteiger charge is 2.21. The number of hydrogen-bond donors (Lipinski definition) is 1. The second kappa shape index (κ2) is 10.0. The fraction of sp³-hybridized carbons (Fsp3) is 0.348. The predicted octanol–water partition coefficient (Wildman–Crippen LogP) is 4.39. The number of likely N-dealkylation sites (tertiary alicyclic amines) is 1. The number of aromatic nitrogens is 4. The summed E-state index contributed by atoms with van der Waals surface area (Å²) in [7, 11) is 0. The molecule has 0 unspecified atom stereocenters. The zero-order valence-electron chi connectivity index (χ0n) is 18.0. The van der Waals surface area contributed by atoms with E-state index in [0.29, 0.717) is 33.7 Å². The topological polar surface area (TPSA) is 99.8 Å². The number of halogens is 1. The quantitative estimate of drug-likeness (QED) is 0.539. The maximum Gasteiger partial charge on any atom is 0.238 e. The lowest BCUT2D eigenvalue weighted by atomic mass is 10.1. The van der Waals surface area contributed by atoms with E-state index in [2.05, 4.69) is 52.2 Å². The summed E-state index contributed by atoms with van der Waals surface area (Å²) in [5.74, 6) is 1.69. The highest BCUT2D eigenvalue weighted by Crippen LogP contribution is 2.33. The molecule has 0 amide bonds. The van der Waals surface area contributed by atoms with Crippen LogP contribution < -0.4 is 10.1 Å². The minimum absolute atomic E-state index is 0.295. The van der Waals surface area contributed by atoms with Gasteiger partial charge in [0.05, 0.1) is 28.0 Å². The number of anilines is 1. The molecule has 1 aliphatic heterocycles. The van der Waals surface area contributed by atoms with E-state index in [1.807, 2.05) is 32.0 Å². The van der Waals surface area contributed by atoms with Crippen molar-refractivity contribution in [1.29, 1.82) is 5.26 Å². The average molecular weight is 494 g/mol. The van der Waals surface area contributed by atoms with Crippen molar-refractivity contribution < 1.29 is 4.74 Å². The number of nitrogens with zero attached hydrogens (tertiary/aromatic N) is 6. The average Bonchev–Trinajstić information content (AvgIpc) is 2.80. The second-order valence-electron chi connectivity index (χ2n) is 7.90. The van der Waals surface area contributed by atoms with Gasteiger partial charge in [-0.15, -0.1) is 0 Å². The normalized spacial score (nSPS) is 14.7. The molecular weight excluding hydrogens is 470 g/mol. The van der Waals surface area contributed by atoms with Gasteiger partial charge in [0.2, 0.25) is 11.8 Å². The molecular formula is C23H24BrN7O. The van der Waals surface area contributed by atoms with Gasteiger partial charge in [-0.25, -0.2) is 15.0 Å². The second-order valence-corrected chi connectivity index (χ2v) is 8.75. The standard InChI is InChI=1S/C23H24BrN7O/c1-15-9-17(11-25)10-16(2)21(15)32-22-20(24)12-27-23(30-22)29-18-4-7-31(8-5-18)13-19-3-6-26-14-28-19/h3,6,9-10,12,14,18H,4-5,7-8,13H2,1-2H3,(H,27,29,30). The number of rotatable bonds is 6. The van der Waals surface area contributed by atoms with E-state index >= 15 is 0 Å². The van der Waals surface area contributed by atoms with Crippen LogP contribution in [0.1, 0.15) is 35.2 Å². The molecule has 1 aliphatic rings. The fourth-order valence-corrected chi connectivity index (χ4v) is 4.10. The summed E-state index contributed by atoms with van der Waals surface area (Å²) < 4.78 is 6.79. The van der Waals surface area contributed by atoms with Crippen LogP contribution in [0, 0.1) is 25.2 Å². The maximum atomic E-state index is 9.16. The number of nitriles is 1. The number of benzene rings is 1. The van der Waals surface area contributed by atoms with Crippen molar-refractivity contribution in [3.05, 3.63) is 63.8 Å². The molecule has 1 N–H and O–H groups in total. The van der Waals surface area contributed by atoms with Crippen LogP contribution in [0.4, 0.5) is 5.95 Å². The van der Waals surface area contributed by atoms with E-state index in [0.717, 1.165) is 49.3 Å². The van der Waals surface area contributed by atoms with Crippen molar-refractivity contribution in [3.63, 3.8) is 0 Å². The number of aryl methyl sites for hydroxylation is 2. The third-order valence-corrected chi connectivity index (χ3v) is 5.99. The van der Waals surface area contributed by atoms with E-state index in [1.54, 1.807) is 18.7 Å². The molecule has 1 aromatic carbocycles. The molecule has 0 bridgehead atoms. The zero-order valence-corrected chi connectivity index (χ0v) is 19.6. The molecule has 164 valence electrons. The summed E-state index contributed by atoms with van der Waals surface area (Å²) in [6.07, 6.45) is 7.06. The lowest BCUT2D eigenvalue weighted by molar-refractivity contribution is 0.208. The molecule has 0 spiro atoms. The van der Waals surface area contributed by atoms with Crippen LogP contribution in [0.25, 0.3) is 0 Å². The molecule has 3 heterocycles. The van der Waals surface area contributed by atoms with Gasteiger partial charge in [0.15, 0.2) is 0 Å². The molecule has 0 saturated carbocycles. The van der Waals surface area contributed by atoms with Crippen LogP contribution in [-0.2, 0) is 6.54 Å². The zero-order chi connectivity index (χ0) is 22.5.